The number of aromatic nitrogens is 3. The predicted molar refractivity (Wildman–Crippen MR) is 99.6 cm³/mol. The van der Waals surface area contributed by atoms with E-state index in [1.807, 2.05) is 19.1 Å². The van der Waals surface area contributed by atoms with Crippen molar-refractivity contribution in [1.82, 2.24) is 20.1 Å². The van der Waals surface area contributed by atoms with Crippen LogP contribution in [0.3, 0.4) is 0 Å². The smallest absolute Gasteiger partial charge is 0.269 e. The van der Waals surface area contributed by atoms with Crippen molar-refractivity contribution < 1.29 is 9.72 Å². The highest BCUT2D eigenvalue weighted by molar-refractivity contribution is 5.95. The van der Waals surface area contributed by atoms with Gasteiger partial charge in [0, 0.05) is 31.1 Å². The Bertz CT molecular complexity index is 936. The first kappa shape index (κ1) is 18.2. The zero-order valence-electron chi connectivity index (χ0n) is 14.8. The molecule has 0 spiro atoms. The maximum absolute atomic E-state index is 12.6. The molecule has 0 aliphatic heterocycles. The second-order valence-electron chi connectivity index (χ2n) is 5.98. The normalized spacial score (nSPS) is 10.6. The summed E-state index contributed by atoms with van der Waals surface area (Å²) in [6.07, 6.45) is 6.39. The number of hydrogen-bond acceptors (Lipinski definition) is 5. The van der Waals surface area contributed by atoms with Crippen LogP contribution in [0.25, 0.3) is 5.69 Å². The molecule has 8 nitrogen and oxygen atoms in total. The summed E-state index contributed by atoms with van der Waals surface area (Å²) in [6.45, 7) is 2.42. The number of nitrogens with one attached hydrogen (secondary N) is 1. The van der Waals surface area contributed by atoms with E-state index in [0.29, 0.717) is 24.2 Å². The number of pyridine rings is 1. The van der Waals surface area contributed by atoms with Gasteiger partial charge in [0.15, 0.2) is 0 Å². The lowest BCUT2D eigenvalue weighted by molar-refractivity contribution is -0.384. The van der Waals surface area contributed by atoms with Crippen LogP contribution in [0.15, 0.2) is 55.0 Å². The van der Waals surface area contributed by atoms with E-state index < -0.39 is 4.92 Å². The van der Waals surface area contributed by atoms with Crippen LogP contribution in [-0.4, -0.2) is 25.6 Å². The highest BCUT2D eigenvalue weighted by Crippen LogP contribution is 2.20. The molecule has 3 aromatic rings. The lowest BCUT2D eigenvalue weighted by Crippen LogP contribution is -2.24. The van der Waals surface area contributed by atoms with Crippen molar-refractivity contribution in [1.29, 1.82) is 0 Å². The molecular weight excluding hydrogens is 346 g/mol. The highest BCUT2D eigenvalue weighted by Gasteiger charge is 2.18. The molecular formula is C19H19N5O3. The Kier molecular flexibility index (Phi) is 5.55. The zero-order chi connectivity index (χ0) is 19.2. The van der Waals surface area contributed by atoms with Gasteiger partial charge in [-0.25, -0.2) is 4.68 Å². The molecule has 0 aliphatic carbocycles. The fraction of sp³-hybridized carbons (Fsp3) is 0.211. The van der Waals surface area contributed by atoms with E-state index in [-0.39, 0.29) is 11.6 Å². The van der Waals surface area contributed by atoms with Gasteiger partial charge in [-0.15, -0.1) is 0 Å². The molecule has 0 radical (unpaired) electrons. The Morgan fingerprint density at radius 3 is 2.52 bits per heavy atom. The maximum atomic E-state index is 12.6. The largest absolute Gasteiger partial charge is 0.348 e. The molecule has 0 unspecified atom stereocenters. The van der Waals surface area contributed by atoms with Crippen molar-refractivity contribution in [2.45, 2.75) is 26.3 Å². The van der Waals surface area contributed by atoms with Crippen molar-refractivity contribution in [3.63, 3.8) is 0 Å². The molecule has 0 atom stereocenters. The molecule has 0 bridgehead atoms. The third-order valence-corrected chi connectivity index (χ3v) is 4.11. The summed E-state index contributed by atoms with van der Waals surface area (Å²) in [5.74, 6) is -0.205. The van der Waals surface area contributed by atoms with Crippen LogP contribution in [0.1, 0.15) is 35.0 Å². The minimum Gasteiger partial charge on any atom is -0.348 e. The van der Waals surface area contributed by atoms with E-state index in [4.69, 9.17) is 0 Å². The van der Waals surface area contributed by atoms with Gasteiger partial charge < -0.3 is 5.32 Å². The lowest BCUT2D eigenvalue weighted by Gasteiger charge is -2.09. The molecule has 27 heavy (non-hydrogen) atoms. The van der Waals surface area contributed by atoms with E-state index in [1.54, 1.807) is 29.2 Å². The topological polar surface area (TPSA) is 103 Å². The number of nitro benzene ring substituents is 1. The van der Waals surface area contributed by atoms with Crippen molar-refractivity contribution in [2.24, 2.45) is 0 Å². The SMILES string of the molecule is CCCc1c(C(=O)NCc2ccncc2)cnn1-c1ccc([N+](=O)[O-])cc1. The number of carbonyl (C=O) groups excluding carboxylic acids is 1. The second-order valence-corrected chi connectivity index (χ2v) is 5.98. The van der Waals surface area contributed by atoms with E-state index >= 15 is 0 Å². The van der Waals surface area contributed by atoms with Gasteiger partial charge in [-0.2, -0.15) is 5.10 Å². The summed E-state index contributed by atoms with van der Waals surface area (Å²) >= 11 is 0. The summed E-state index contributed by atoms with van der Waals surface area (Å²) in [5.41, 5.74) is 2.93. The minimum absolute atomic E-state index is 0.0123. The van der Waals surface area contributed by atoms with Crippen molar-refractivity contribution >= 4 is 11.6 Å². The van der Waals surface area contributed by atoms with Crippen LogP contribution in [0.5, 0.6) is 0 Å². The van der Waals surface area contributed by atoms with E-state index in [0.717, 1.165) is 17.7 Å². The Balaban J connectivity index is 1.84. The molecule has 2 heterocycles. The number of amides is 1. The van der Waals surface area contributed by atoms with Crippen LogP contribution in [0.2, 0.25) is 0 Å². The number of carbonyl (C=O) groups is 1. The number of hydrogen-bond donors (Lipinski definition) is 1. The third kappa shape index (κ3) is 4.17. The van der Waals surface area contributed by atoms with Gasteiger partial charge in [0.2, 0.25) is 0 Å². The molecule has 1 aromatic carbocycles. The van der Waals surface area contributed by atoms with Gasteiger partial charge in [-0.1, -0.05) is 13.3 Å². The maximum Gasteiger partial charge on any atom is 0.269 e. The summed E-state index contributed by atoms with van der Waals surface area (Å²) in [5, 5.41) is 18.1. The number of nitro groups is 1. The van der Waals surface area contributed by atoms with Gasteiger partial charge in [0.05, 0.1) is 28.1 Å². The first-order valence-corrected chi connectivity index (χ1v) is 8.59. The Hall–Kier alpha value is -3.55. The number of nitrogens with zero attached hydrogens (tertiary/aromatic N) is 4. The zero-order valence-corrected chi connectivity index (χ0v) is 14.8. The monoisotopic (exact) mass is 365 g/mol. The van der Waals surface area contributed by atoms with Crippen molar-refractivity contribution in [3.05, 3.63) is 81.9 Å². The van der Waals surface area contributed by atoms with Gasteiger partial charge in [-0.05, 0) is 36.2 Å². The first-order chi connectivity index (χ1) is 13.1. The molecule has 2 aromatic heterocycles. The minimum atomic E-state index is -0.447. The molecule has 8 heteroatoms. The highest BCUT2D eigenvalue weighted by atomic mass is 16.6. The third-order valence-electron chi connectivity index (χ3n) is 4.11. The Labute approximate surface area is 156 Å². The molecule has 1 N–H and O–H groups in total. The quantitative estimate of drug-likeness (QED) is 0.512. The van der Waals surface area contributed by atoms with Crippen LogP contribution in [0.4, 0.5) is 5.69 Å². The molecule has 0 fully saturated rings. The van der Waals surface area contributed by atoms with Crippen molar-refractivity contribution in [3.8, 4) is 5.69 Å². The van der Waals surface area contributed by atoms with E-state index in [9.17, 15) is 14.9 Å². The molecule has 138 valence electrons. The summed E-state index contributed by atoms with van der Waals surface area (Å²) in [4.78, 5) is 27.0. The summed E-state index contributed by atoms with van der Waals surface area (Å²) in [7, 11) is 0. The van der Waals surface area contributed by atoms with Crippen LogP contribution in [-0.2, 0) is 13.0 Å². The summed E-state index contributed by atoms with van der Waals surface area (Å²) in [6, 6.07) is 9.79. The van der Waals surface area contributed by atoms with E-state index in [2.05, 4.69) is 15.4 Å². The van der Waals surface area contributed by atoms with Gasteiger partial charge in [0.1, 0.15) is 0 Å². The molecule has 0 saturated carbocycles. The molecule has 0 saturated heterocycles. The average molecular weight is 365 g/mol. The molecule has 1 amide bonds. The van der Waals surface area contributed by atoms with E-state index in [1.165, 1.54) is 18.3 Å². The van der Waals surface area contributed by atoms with Gasteiger partial charge in [0.25, 0.3) is 11.6 Å². The first-order valence-electron chi connectivity index (χ1n) is 8.59. The molecule has 3 rings (SSSR count). The fourth-order valence-electron chi connectivity index (χ4n) is 2.76. The predicted octanol–water partition coefficient (Wildman–Crippen LogP) is 3.06. The second kappa shape index (κ2) is 8.22. The summed E-state index contributed by atoms with van der Waals surface area (Å²) < 4.78 is 1.66. The average Bonchev–Trinajstić information content (AvgIpc) is 3.11. The number of non-ortho nitro benzene ring substituents is 1. The molecule has 0 aliphatic rings. The Morgan fingerprint density at radius 1 is 1.19 bits per heavy atom. The fourth-order valence-corrected chi connectivity index (χ4v) is 2.76. The van der Waals surface area contributed by atoms with Crippen LogP contribution >= 0.6 is 0 Å². The Morgan fingerprint density at radius 2 is 1.89 bits per heavy atom. The lowest BCUT2D eigenvalue weighted by atomic mass is 10.1. The van der Waals surface area contributed by atoms with Gasteiger partial charge in [-0.3, -0.25) is 19.9 Å². The van der Waals surface area contributed by atoms with Crippen LogP contribution in [0, 0.1) is 10.1 Å². The standard InChI is InChI=1S/C19H19N5O3/c1-2-3-18-17(19(25)21-12-14-8-10-20-11-9-14)13-22-23(18)15-4-6-16(7-5-15)24(26)27/h4-11,13H,2-3,12H2,1H3,(H,21,25). The van der Waals surface area contributed by atoms with Gasteiger partial charge >= 0.3 is 0 Å². The number of benzene rings is 1. The van der Waals surface area contributed by atoms with Crippen LogP contribution < -0.4 is 5.32 Å². The number of rotatable bonds is 7. The van der Waals surface area contributed by atoms with Crippen molar-refractivity contribution in [2.75, 3.05) is 0 Å².